The number of aliphatic hydroxyl groups excluding tert-OH is 2. The molecule has 328 valence electrons. The third kappa shape index (κ3) is 38.9. The van der Waals surface area contributed by atoms with Crippen molar-refractivity contribution in [3.05, 3.63) is 36.5 Å². The average Bonchev–Trinajstić information content (AvgIpc) is 3.19. The second kappa shape index (κ2) is 44.2. The van der Waals surface area contributed by atoms with Crippen molar-refractivity contribution in [2.24, 2.45) is 0 Å². The van der Waals surface area contributed by atoms with E-state index in [4.69, 9.17) is 4.74 Å². The van der Waals surface area contributed by atoms with Crippen molar-refractivity contribution in [1.82, 2.24) is 5.32 Å². The zero-order chi connectivity index (χ0) is 41.0. The molecular weight excluding hydrogens is 695 g/mol. The lowest BCUT2D eigenvalue weighted by atomic mass is 10.0. The third-order valence-corrected chi connectivity index (χ3v) is 11.0. The number of aliphatic hydroxyl groups is 2. The molecule has 0 rings (SSSR count). The molecule has 0 aliphatic carbocycles. The predicted octanol–water partition coefficient (Wildman–Crippen LogP) is 14.1. The second-order valence-electron chi connectivity index (χ2n) is 16.5. The zero-order valence-electron chi connectivity index (χ0n) is 37.3. The summed E-state index contributed by atoms with van der Waals surface area (Å²) in [5.41, 5.74) is 0. The molecule has 6 nitrogen and oxygen atoms in total. The maximum atomic E-state index is 13.1. The van der Waals surface area contributed by atoms with Crippen LogP contribution in [0, 0.1) is 0 Å². The number of esters is 1. The number of amides is 1. The number of unbranched alkanes of at least 4 members (excludes halogenated alkanes) is 26. The molecule has 0 aromatic rings. The van der Waals surface area contributed by atoms with Crippen molar-refractivity contribution < 1.29 is 24.5 Å². The van der Waals surface area contributed by atoms with Gasteiger partial charge >= 0.3 is 5.97 Å². The minimum atomic E-state index is -0.790. The molecule has 0 radical (unpaired) electrons. The minimum absolute atomic E-state index is 0.0611. The standard InChI is InChI=1S/C50H93NO5/c1-4-7-10-13-16-19-21-22-23-24-25-26-27-29-31-34-37-40-43-50(55)56-46(41-38-35-32-18-15-12-9-6-3)44-49(54)51-47(45-52)48(53)42-39-36-33-30-28-20-17-14-11-8-5-2/h12,15,23-26,46-48,52-53H,4-11,13-14,16-22,27-45H2,1-3H3,(H,51,54)/b15-12-,24-23+,26-25+. The molecule has 0 aliphatic heterocycles. The first kappa shape index (κ1) is 54.1. The zero-order valence-corrected chi connectivity index (χ0v) is 37.3. The predicted molar refractivity (Wildman–Crippen MR) is 241 cm³/mol. The lowest BCUT2D eigenvalue weighted by Crippen LogP contribution is -2.46. The van der Waals surface area contributed by atoms with E-state index in [9.17, 15) is 19.8 Å². The average molecular weight is 788 g/mol. The molecule has 1 amide bonds. The van der Waals surface area contributed by atoms with Crippen molar-refractivity contribution in [3.63, 3.8) is 0 Å². The van der Waals surface area contributed by atoms with Gasteiger partial charge in [0.1, 0.15) is 6.10 Å². The van der Waals surface area contributed by atoms with Crippen LogP contribution >= 0.6 is 0 Å². The number of carbonyl (C=O) groups excluding carboxylic acids is 2. The fraction of sp³-hybridized carbons (Fsp3) is 0.840. The van der Waals surface area contributed by atoms with Crippen molar-refractivity contribution in [2.75, 3.05) is 6.61 Å². The second-order valence-corrected chi connectivity index (χ2v) is 16.5. The van der Waals surface area contributed by atoms with Crippen LogP contribution in [0.15, 0.2) is 36.5 Å². The Labute approximate surface area is 347 Å². The molecule has 0 fully saturated rings. The monoisotopic (exact) mass is 788 g/mol. The van der Waals surface area contributed by atoms with E-state index in [-0.39, 0.29) is 24.9 Å². The third-order valence-electron chi connectivity index (χ3n) is 11.0. The Morgan fingerprint density at radius 2 is 0.946 bits per heavy atom. The van der Waals surface area contributed by atoms with Crippen LogP contribution in [0.1, 0.15) is 245 Å². The van der Waals surface area contributed by atoms with Gasteiger partial charge in [-0.2, -0.15) is 0 Å². The summed E-state index contributed by atoms with van der Waals surface area (Å²) in [6.45, 7) is 6.39. The first-order valence-electron chi connectivity index (χ1n) is 24.2. The summed E-state index contributed by atoms with van der Waals surface area (Å²) in [5, 5.41) is 23.6. The van der Waals surface area contributed by atoms with Gasteiger partial charge < -0.3 is 20.3 Å². The maximum absolute atomic E-state index is 13.1. The van der Waals surface area contributed by atoms with E-state index < -0.39 is 18.2 Å². The van der Waals surface area contributed by atoms with E-state index in [1.54, 1.807) is 0 Å². The molecule has 3 unspecified atom stereocenters. The number of ether oxygens (including phenoxy) is 1. The minimum Gasteiger partial charge on any atom is -0.462 e. The van der Waals surface area contributed by atoms with E-state index in [1.165, 1.54) is 109 Å². The number of allylic oxidation sites excluding steroid dienone is 6. The molecule has 0 aromatic carbocycles. The van der Waals surface area contributed by atoms with Crippen LogP contribution < -0.4 is 5.32 Å². The van der Waals surface area contributed by atoms with Gasteiger partial charge in [-0.05, 0) is 70.6 Å². The Morgan fingerprint density at radius 1 is 0.518 bits per heavy atom. The molecule has 0 spiro atoms. The normalized spacial score (nSPS) is 13.6. The Hall–Kier alpha value is -1.92. The first-order chi connectivity index (χ1) is 27.5. The molecule has 0 bridgehead atoms. The van der Waals surface area contributed by atoms with Crippen LogP contribution in [-0.4, -0.2) is 46.9 Å². The van der Waals surface area contributed by atoms with Gasteiger partial charge in [0, 0.05) is 6.42 Å². The Bertz CT molecular complexity index is 930. The first-order valence-corrected chi connectivity index (χ1v) is 24.2. The highest BCUT2D eigenvalue weighted by Gasteiger charge is 2.24. The summed E-state index contributed by atoms with van der Waals surface area (Å²) in [6, 6.07) is -0.705. The molecule has 0 saturated carbocycles. The van der Waals surface area contributed by atoms with Crippen LogP contribution in [0.3, 0.4) is 0 Å². The van der Waals surface area contributed by atoms with E-state index in [1.807, 2.05) is 0 Å². The van der Waals surface area contributed by atoms with Crippen LogP contribution in [0.4, 0.5) is 0 Å². The lowest BCUT2D eigenvalue weighted by Gasteiger charge is -2.24. The van der Waals surface area contributed by atoms with Crippen LogP contribution in [0.25, 0.3) is 0 Å². The molecule has 3 N–H and O–H groups in total. The van der Waals surface area contributed by atoms with E-state index in [0.717, 1.165) is 89.9 Å². The lowest BCUT2D eigenvalue weighted by molar-refractivity contribution is -0.151. The smallest absolute Gasteiger partial charge is 0.306 e. The topological polar surface area (TPSA) is 95.9 Å². The fourth-order valence-electron chi connectivity index (χ4n) is 7.25. The van der Waals surface area contributed by atoms with Crippen molar-refractivity contribution in [3.8, 4) is 0 Å². The van der Waals surface area contributed by atoms with Gasteiger partial charge in [0.2, 0.25) is 5.91 Å². The largest absolute Gasteiger partial charge is 0.462 e. The highest BCUT2D eigenvalue weighted by molar-refractivity contribution is 5.77. The van der Waals surface area contributed by atoms with Gasteiger partial charge in [0.15, 0.2) is 0 Å². The SMILES string of the molecule is CCC/C=C\CCCCCC(CC(=O)NC(CO)C(O)CCCCCCCCCCCCC)OC(=O)CCCCCCC/C=C/C=C/CCCCCCCCC. The fourth-order valence-corrected chi connectivity index (χ4v) is 7.25. The van der Waals surface area contributed by atoms with Gasteiger partial charge in [0.25, 0.3) is 0 Å². The molecule has 3 atom stereocenters. The van der Waals surface area contributed by atoms with Crippen molar-refractivity contribution in [1.29, 1.82) is 0 Å². The summed E-state index contributed by atoms with van der Waals surface area (Å²) in [7, 11) is 0. The molecule has 0 aromatic heterocycles. The highest BCUT2D eigenvalue weighted by atomic mass is 16.5. The van der Waals surface area contributed by atoms with Gasteiger partial charge in [-0.15, -0.1) is 0 Å². The summed E-state index contributed by atoms with van der Waals surface area (Å²) in [4.78, 5) is 25.9. The highest BCUT2D eigenvalue weighted by Crippen LogP contribution is 2.17. The van der Waals surface area contributed by atoms with Gasteiger partial charge in [-0.1, -0.05) is 198 Å². The number of hydrogen-bond donors (Lipinski definition) is 3. The number of carbonyl (C=O) groups is 2. The summed E-state index contributed by atoms with van der Waals surface area (Å²) in [6.07, 6.45) is 50.7. The van der Waals surface area contributed by atoms with E-state index in [0.29, 0.717) is 19.3 Å². The summed E-state index contributed by atoms with van der Waals surface area (Å²) >= 11 is 0. The molecule has 6 heteroatoms. The number of nitrogens with one attached hydrogen (secondary N) is 1. The Kier molecular flexibility index (Phi) is 42.7. The van der Waals surface area contributed by atoms with Crippen LogP contribution in [0.5, 0.6) is 0 Å². The molecule has 56 heavy (non-hydrogen) atoms. The van der Waals surface area contributed by atoms with Crippen LogP contribution in [-0.2, 0) is 14.3 Å². The number of rotatable bonds is 43. The van der Waals surface area contributed by atoms with Gasteiger partial charge in [-0.3, -0.25) is 9.59 Å². The van der Waals surface area contributed by atoms with E-state index in [2.05, 4.69) is 62.5 Å². The quantitative estimate of drug-likeness (QED) is 0.0247. The maximum Gasteiger partial charge on any atom is 0.306 e. The summed E-state index contributed by atoms with van der Waals surface area (Å²) in [5.74, 6) is -0.508. The molecule has 0 saturated heterocycles. The van der Waals surface area contributed by atoms with E-state index >= 15 is 0 Å². The van der Waals surface area contributed by atoms with Gasteiger partial charge in [0.05, 0.1) is 25.2 Å². The molecular formula is C50H93NO5. The number of hydrogen-bond acceptors (Lipinski definition) is 5. The van der Waals surface area contributed by atoms with Crippen molar-refractivity contribution in [2.45, 2.75) is 264 Å². The van der Waals surface area contributed by atoms with Gasteiger partial charge in [-0.25, -0.2) is 0 Å². The Morgan fingerprint density at radius 3 is 1.46 bits per heavy atom. The van der Waals surface area contributed by atoms with Crippen molar-refractivity contribution >= 4 is 11.9 Å². The molecule has 0 heterocycles. The molecule has 0 aliphatic rings. The Balaban J connectivity index is 4.46. The summed E-state index contributed by atoms with van der Waals surface area (Å²) < 4.78 is 5.88. The van der Waals surface area contributed by atoms with Crippen LogP contribution in [0.2, 0.25) is 0 Å².